The molecule has 0 aliphatic carbocycles. The zero-order valence-electron chi connectivity index (χ0n) is 11.3. The topological polar surface area (TPSA) is 25.2 Å². The number of aryl methyl sites for hydroxylation is 1. The van der Waals surface area contributed by atoms with Crippen LogP contribution in [0.4, 0.5) is 8.78 Å². The third kappa shape index (κ3) is 2.94. The second-order valence-corrected chi connectivity index (χ2v) is 5.35. The van der Waals surface area contributed by atoms with Crippen LogP contribution in [-0.4, -0.2) is 6.54 Å². The lowest BCUT2D eigenvalue weighted by Gasteiger charge is -2.20. The summed E-state index contributed by atoms with van der Waals surface area (Å²) in [5.74, 6) is -1.08. The van der Waals surface area contributed by atoms with Crippen LogP contribution in [0.3, 0.4) is 0 Å². The van der Waals surface area contributed by atoms with Crippen molar-refractivity contribution < 1.29 is 13.2 Å². The van der Waals surface area contributed by atoms with Gasteiger partial charge in [0.25, 0.3) is 0 Å². The molecule has 0 saturated carbocycles. The van der Waals surface area contributed by atoms with Crippen molar-refractivity contribution in [1.82, 2.24) is 5.32 Å². The van der Waals surface area contributed by atoms with Gasteiger partial charge in [-0.05, 0) is 53.5 Å². The fraction of sp³-hybridized carbons (Fsp3) is 0.333. The van der Waals surface area contributed by atoms with E-state index in [1.807, 2.05) is 6.92 Å². The van der Waals surface area contributed by atoms with E-state index >= 15 is 0 Å². The molecule has 0 saturated heterocycles. The highest BCUT2D eigenvalue weighted by molar-refractivity contribution is 9.10. The van der Waals surface area contributed by atoms with Crippen molar-refractivity contribution in [3.63, 3.8) is 0 Å². The first-order chi connectivity index (χ1) is 9.56. The normalized spacial score (nSPS) is 12.7. The predicted molar refractivity (Wildman–Crippen MR) is 77.6 cm³/mol. The Labute approximate surface area is 125 Å². The maximum Gasteiger partial charge on any atom is 0.174 e. The summed E-state index contributed by atoms with van der Waals surface area (Å²) >= 11 is 3.27. The number of hydrogen-bond donors (Lipinski definition) is 1. The van der Waals surface area contributed by atoms with Crippen LogP contribution in [0.1, 0.15) is 36.1 Å². The Kier molecular flexibility index (Phi) is 4.94. The quantitative estimate of drug-likeness (QED) is 0.849. The molecule has 1 N–H and O–H groups in total. The van der Waals surface area contributed by atoms with E-state index in [0.717, 1.165) is 6.42 Å². The van der Waals surface area contributed by atoms with Gasteiger partial charge in [-0.1, -0.05) is 13.0 Å². The lowest BCUT2D eigenvalue weighted by Crippen LogP contribution is -2.25. The minimum absolute atomic E-state index is 0.0283. The molecule has 2 nitrogen and oxygen atoms in total. The molecule has 0 spiro atoms. The van der Waals surface area contributed by atoms with E-state index in [9.17, 15) is 8.78 Å². The Balaban J connectivity index is 2.52. The highest BCUT2D eigenvalue weighted by Gasteiger charge is 2.25. The third-order valence-electron chi connectivity index (χ3n) is 3.16. The van der Waals surface area contributed by atoms with E-state index < -0.39 is 17.7 Å². The molecule has 1 unspecified atom stereocenters. The largest absolute Gasteiger partial charge is 0.457 e. The summed E-state index contributed by atoms with van der Waals surface area (Å²) in [6.07, 6.45) is 2.35. The van der Waals surface area contributed by atoms with Crippen molar-refractivity contribution in [2.45, 2.75) is 26.3 Å². The van der Waals surface area contributed by atoms with E-state index in [4.69, 9.17) is 4.42 Å². The van der Waals surface area contributed by atoms with Crippen molar-refractivity contribution in [3.05, 3.63) is 57.5 Å². The molecule has 1 heterocycles. The highest BCUT2D eigenvalue weighted by atomic mass is 79.9. The van der Waals surface area contributed by atoms with Crippen LogP contribution < -0.4 is 5.32 Å². The molecule has 0 bridgehead atoms. The zero-order chi connectivity index (χ0) is 14.7. The molecule has 0 radical (unpaired) electrons. The van der Waals surface area contributed by atoms with Crippen molar-refractivity contribution in [2.75, 3.05) is 6.54 Å². The summed E-state index contributed by atoms with van der Waals surface area (Å²) in [6, 6.07) is 3.86. The lowest BCUT2D eigenvalue weighted by atomic mass is 9.97. The van der Waals surface area contributed by atoms with Crippen molar-refractivity contribution in [1.29, 1.82) is 0 Å². The second kappa shape index (κ2) is 6.50. The summed E-state index contributed by atoms with van der Waals surface area (Å²) in [6.45, 7) is 4.27. The Morgan fingerprint density at radius 3 is 2.65 bits per heavy atom. The van der Waals surface area contributed by atoms with Gasteiger partial charge in [-0.15, -0.1) is 0 Å². The van der Waals surface area contributed by atoms with Crippen molar-refractivity contribution >= 4 is 15.9 Å². The van der Waals surface area contributed by atoms with Gasteiger partial charge in [0.1, 0.15) is 11.6 Å². The van der Waals surface area contributed by atoms with E-state index in [1.54, 1.807) is 13.0 Å². The van der Waals surface area contributed by atoms with Gasteiger partial charge in [-0.25, -0.2) is 8.78 Å². The Morgan fingerprint density at radius 1 is 1.30 bits per heavy atom. The van der Waals surface area contributed by atoms with Crippen LogP contribution in [0.15, 0.2) is 33.5 Å². The standard InChI is InChI=1S/C15H16BrF2NO/c1-3-7-19-14(10-6-8-20-15(10)16)12-11(17)5-4-9(2)13(12)18/h4-6,8,14,19H,3,7H2,1-2H3. The van der Waals surface area contributed by atoms with E-state index in [0.29, 0.717) is 22.3 Å². The molecule has 2 aromatic rings. The average Bonchev–Trinajstić information content (AvgIpc) is 2.84. The first kappa shape index (κ1) is 15.2. The maximum atomic E-state index is 14.3. The van der Waals surface area contributed by atoms with Crippen LogP contribution in [-0.2, 0) is 0 Å². The van der Waals surface area contributed by atoms with Gasteiger partial charge >= 0.3 is 0 Å². The number of halogens is 3. The second-order valence-electron chi connectivity index (χ2n) is 4.63. The fourth-order valence-corrected chi connectivity index (χ4v) is 2.58. The van der Waals surface area contributed by atoms with E-state index in [-0.39, 0.29) is 5.56 Å². The minimum Gasteiger partial charge on any atom is -0.457 e. The van der Waals surface area contributed by atoms with Gasteiger partial charge in [-0.3, -0.25) is 0 Å². The van der Waals surface area contributed by atoms with Gasteiger partial charge in [0.2, 0.25) is 0 Å². The Hall–Kier alpha value is -1.20. The van der Waals surface area contributed by atoms with Crippen LogP contribution in [0.5, 0.6) is 0 Å². The highest BCUT2D eigenvalue weighted by Crippen LogP contribution is 2.33. The van der Waals surface area contributed by atoms with Crippen LogP contribution in [0.2, 0.25) is 0 Å². The monoisotopic (exact) mass is 343 g/mol. The summed E-state index contributed by atoms with van der Waals surface area (Å²) in [4.78, 5) is 0. The van der Waals surface area contributed by atoms with Gasteiger partial charge in [0, 0.05) is 11.1 Å². The first-order valence-electron chi connectivity index (χ1n) is 6.47. The summed E-state index contributed by atoms with van der Waals surface area (Å²) in [5, 5.41) is 3.17. The minimum atomic E-state index is -0.581. The van der Waals surface area contributed by atoms with Gasteiger partial charge in [0.05, 0.1) is 12.3 Å². The molecule has 0 aliphatic rings. The van der Waals surface area contributed by atoms with Gasteiger partial charge < -0.3 is 9.73 Å². The summed E-state index contributed by atoms with van der Waals surface area (Å²) in [7, 11) is 0. The number of furan rings is 1. The fourth-order valence-electron chi connectivity index (χ4n) is 2.11. The molecule has 1 atom stereocenters. The third-order valence-corrected chi connectivity index (χ3v) is 3.81. The molecule has 20 heavy (non-hydrogen) atoms. The number of rotatable bonds is 5. The van der Waals surface area contributed by atoms with Gasteiger partial charge in [-0.2, -0.15) is 0 Å². The molecule has 0 aliphatic heterocycles. The summed E-state index contributed by atoms with van der Waals surface area (Å²) in [5.41, 5.74) is 1.13. The number of hydrogen-bond acceptors (Lipinski definition) is 2. The van der Waals surface area contributed by atoms with Crippen LogP contribution >= 0.6 is 15.9 Å². The summed E-state index contributed by atoms with van der Waals surface area (Å²) < 4.78 is 34.1. The maximum absolute atomic E-state index is 14.3. The molecule has 5 heteroatoms. The molecule has 2 rings (SSSR count). The van der Waals surface area contributed by atoms with E-state index in [1.165, 1.54) is 18.4 Å². The molecule has 0 amide bonds. The Bertz CT molecular complexity index is 598. The first-order valence-corrected chi connectivity index (χ1v) is 7.26. The van der Waals surface area contributed by atoms with Crippen molar-refractivity contribution in [3.8, 4) is 0 Å². The molecule has 0 fully saturated rings. The molecule has 1 aromatic carbocycles. The molecule has 108 valence electrons. The molecule has 1 aromatic heterocycles. The van der Waals surface area contributed by atoms with Crippen molar-refractivity contribution in [2.24, 2.45) is 0 Å². The Morgan fingerprint density at radius 2 is 2.05 bits per heavy atom. The van der Waals surface area contributed by atoms with E-state index in [2.05, 4.69) is 21.2 Å². The average molecular weight is 344 g/mol. The number of benzene rings is 1. The number of nitrogens with one attached hydrogen (secondary N) is 1. The SMILES string of the molecule is CCCNC(c1ccoc1Br)c1c(F)ccc(C)c1F. The van der Waals surface area contributed by atoms with Crippen LogP contribution in [0.25, 0.3) is 0 Å². The zero-order valence-corrected chi connectivity index (χ0v) is 12.9. The smallest absolute Gasteiger partial charge is 0.174 e. The van der Waals surface area contributed by atoms with Gasteiger partial charge in [0.15, 0.2) is 4.67 Å². The molecular weight excluding hydrogens is 328 g/mol. The molecular formula is C15H16BrF2NO. The van der Waals surface area contributed by atoms with Crippen LogP contribution in [0, 0.1) is 18.6 Å². The lowest BCUT2D eigenvalue weighted by molar-refractivity contribution is 0.487. The predicted octanol–water partition coefficient (Wildman–Crippen LogP) is 4.72.